The Balaban J connectivity index is 1.50. The van der Waals surface area contributed by atoms with E-state index < -0.39 is 5.92 Å². The molecule has 0 spiro atoms. The fourth-order valence-electron chi connectivity index (χ4n) is 3.17. The summed E-state index contributed by atoms with van der Waals surface area (Å²) in [5.41, 5.74) is 2.38. The molecular weight excluding hydrogens is 410 g/mol. The van der Waals surface area contributed by atoms with Gasteiger partial charge < -0.3 is 0 Å². The lowest BCUT2D eigenvalue weighted by Crippen LogP contribution is -2.23. The molecule has 0 amide bonds. The molecule has 2 aromatic heterocycles. The van der Waals surface area contributed by atoms with E-state index in [-0.39, 0.29) is 24.3 Å². The van der Waals surface area contributed by atoms with Gasteiger partial charge in [-0.15, -0.1) is 11.3 Å². The Morgan fingerprint density at radius 2 is 1.90 bits per heavy atom. The maximum atomic E-state index is 12.7. The third-order valence-corrected chi connectivity index (χ3v) is 5.77. The number of thiazole rings is 1. The van der Waals surface area contributed by atoms with E-state index in [0.717, 1.165) is 5.56 Å². The number of fused-ring (bicyclic) bond motifs is 1. The molecule has 0 aliphatic carbocycles. The van der Waals surface area contributed by atoms with Crippen molar-refractivity contribution in [3.63, 3.8) is 0 Å². The summed E-state index contributed by atoms with van der Waals surface area (Å²) in [6.45, 7) is 0.140. The van der Waals surface area contributed by atoms with Crippen molar-refractivity contribution in [2.45, 2.75) is 18.9 Å². The van der Waals surface area contributed by atoms with Gasteiger partial charge in [-0.2, -0.15) is 10.5 Å². The van der Waals surface area contributed by atoms with E-state index in [1.165, 1.54) is 22.2 Å². The van der Waals surface area contributed by atoms with Gasteiger partial charge in [-0.25, -0.2) is 9.97 Å². The molecule has 4 aromatic rings. The number of aryl methyl sites for hydroxylation is 1. The summed E-state index contributed by atoms with van der Waals surface area (Å²) < 4.78 is 1.39. The number of rotatable bonds is 6. The number of Topliss-reactive ketones (excluding diaryl/α,β-unsaturated/α-hetero) is 1. The van der Waals surface area contributed by atoms with Gasteiger partial charge in [0.1, 0.15) is 5.01 Å². The van der Waals surface area contributed by atoms with Crippen molar-refractivity contribution in [2.75, 3.05) is 0 Å². The fourth-order valence-corrected chi connectivity index (χ4v) is 4.07. The maximum absolute atomic E-state index is 12.7. The van der Waals surface area contributed by atoms with Crippen LogP contribution in [0.15, 0.2) is 65.0 Å². The highest BCUT2D eigenvalue weighted by Crippen LogP contribution is 2.27. The summed E-state index contributed by atoms with van der Waals surface area (Å²) in [6, 6.07) is 18.1. The van der Waals surface area contributed by atoms with Crippen molar-refractivity contribution in [1.82, 2.24) is 14.5 Å². The second kappa shape index (κ2) is 8.70. The molecule has 150 valence electrons. The van der Waals surface area contributed by atoms with Gasteiger partial charge in [0.25, 0.3) is 5.56 Å². The van der Waals surface area contributed by atoms with E-state index in [4.69, 9.17) is 5.26 Å². The summed E-state index contributed by atoms with van der Waals surface area (Å²) in [5.74, 6) is -1.30. The third kappa shape index (κ3) is 4.11. The fraction of sp³-hybridized carbons (Fsp3) is 0.130. The van der Waals surface area contributed by atoms with Crippen molar-refractivity contribution in [3.8, 4) is 23.4 Å². The number of aromatic nitrogens is 3. The van der Waals surface area contributed by atoms with Gasteiger partial charge in [-0.3, -0.25) is 14.2 Å². The highest BCUT2D eigenvalue weighted by atomic mass is 32.1. The molecule has 1 unspecified atom stereocenters. The second-order valence-electron chi connectivity index (χ2n) is 6.80. The predicted molar refractivity (Wildman–Crippen MR) is 116 cm³/mol. The van der Waals surface area contributed by atoms with Crippen LogP contribution in [-0.2, 0) is 11.3 Å². The number of benzene rings is 2. The Bertz CT molecular complexity index is 1410. The predicted octanol–water partition coefficient (Wildman–Crippen LogP) is 3.66. The molecule has 0 N–H and O–H groups in total. The number of carbonyl (C=O) groups excluding carboxylic acids is 1. The number of para-hydroxylation sites is 1. The van der Waals surface area contributed by atoms with Crippen LogP contribution in [0.3, 0.4) is 0 Å². The Kier molecular flexibility index (Phi) is 5.65. The minimum atomic E-state index is -0.999. The Labute approximate surface area is 181 Å². The van der Waals surface area contributed by atoms with E-state index >= 15 is 0 Å². The zero-order valence-electron chi connectivity index (χ0n) is 16.2. The summed E-state index contributed by atoms with van der Waals surface area (Å²) in [7, 11) is 0. The largest absolute Gasteiger partial charge is 0.298 e. The Morgan fingerprint density at radius 1 is 1.13 bits per heavy atom. The van der Waals surface area contributed by atoms with Crippen molar-refractivity contribution in [1.29, 1.82) is 10.5 Å². The van der Waals surface area contributed by atoms with Gasteiger partial charge in [-0.1, -0.05) is 24.3 Å². The molecule has 0 bridgehead atoms. The van der Waals surface area contributed by atoms with Crippen LogP contribution < -0.4 is 5.56 Å². The normalized spacial score (nSPS) is 11.5. The first kappa shape index (κ1) is 20.1. The average Bonchev–Trinajstić information content (AvgIpc) is 3.29. The molecule has 0 saturated carbocycles. The van der Waals surface area contributed by atoms with Crippen LogP contribution in [0.2, 0.25) is 0 Å². The van der Waals surface area contributed by atoms with Gasteiger partial charge in [0.15, 0.2) is 11.7 Å². The summed E-state index contributed by atoms with van der Waals surface area (Å²) in [5, 5.41) is 21.2. The van der Waals surface area contributed by atoms with Crippen LogP contribution in [0.4, 0.5) is 0 Å². The summed E-state index contributed by atoms with van der Waals surface area (Å²) in [4.78, 5) is 34.0. The lowest BCUT2D eigenvalue weighted by molar-refractivity contribution is -0.119. The molecule has 1 atom stereocenters. The standard InChI is InChI=1S/C23H15N5O2S/c24-11-15-5-7-16(8-6-15)20-13-31-22(27-20)18(12-25)21(29)9-10-28-14-26-19-4-2-1-3-17(19)23(28)30/h1-8,13-14,18H,9-10H2. The number of hydrogen-bond acceptors (Lipinski definition) is 7. The van der Waals surface area contributed by atoms with Gasteiger partial charge in [0, 0.05) is 23.9 Å². The lowest BCUT2D eigenvalue weighted by Gasteiger charge is -2.08. The van der Waals surface area contributed by atoms with Crippen LogP contribution in [0.1, 0.15) is 22.9 Å². The molecule has 8 heteroatoms. The minimum Gasteiger partial charge on any atom is -0.298 e. The number of carbonyl (C=O) groups is 1. The Morgan fingerprint density at radius 3 is 2.65 bits per heavy atom. The first-order chi connectivity index (χ1) is 15.1. The number of nitrogens with zero attached hydrogens (tertiary/aromatic N) is 5. The summed E-state index contributed by atoms with van der Waals surface area (Å²) >= 11 is 1.24. The molecule has 2 aromatic carbocycles. The number of hydrogen-bond donors (Lipinski definition) is 0. The topological polar surface area (TPSA) is 112 Å². The van der Waals surface area contributed by atoms with Gasteiger partial charge in [-0.05, 0) is 24.3 Å². The molecule has 0 aliphatic heterocycles. The van der Waals surface area contributed by atoms with Crippen LogP contribution in [0.25, 0.3) is 22.2 Å². The van der Waals surface area contributed by atoms with Crippen LogP contribution in [0, 0.1) is 22.7 Å². The first-order valence-corrected chi connectivity index (χ1v) is 10.3. The van der Waals surface area contributed by atoms with Crippen LogP contribution in [0.5, 0.6) is 0 Å². The molecular formula is C23H15N5O2S. The average molecular weight is 425 g/mol. The maximum Gasteiger partial charge on any atom is 0.261 e. The van der Waals surface area contributed by atoms with Crippen molar-refractivity contribution in [3.05, 3.63) is 81.2 Å². The van der Waals surface area contributed by atoms with E-state index in [2.05, 4.69) is 16.0 Å². The van der Waals surface area contributed by atoms with Crippen molar-refractivity contribution in [2.24, 2.45) is 0 Å². The second-order valence-corrected chi connectivity index (χ2v) is 7.69. The van der Waals surface area contributed by atoms with Crippen molar-refractivity contribution >= 4 is 28.0 Å². The van der Waals surface area contributed by atoms with E-state index in [1.807, 2.05) is 6.07 Å². The first-order valence-electron chi connectivity index (χ1n) is 9.43. The number of nitriles is 2. The van der Waals surface area contributed by atoms with Crippen LogP contribution in [-0.4, -0.2) is 20.3 Å². The molecule has 7 nitrogen and oxygen atoms in total. The smallest absolute Gasteiger partial charge is 0.261 e. The van der Waals surface area contributed by atoms with E-state index in [1.54, 1.807) is 53.9 Å². The van der Waals surface area contributed by atoms with Gasteiger partial charge in [0.2, 0.25) is 0 Å². The van der Waals surface area contributed by atoms with Gasteiger partial charge in [0.05, 0.1) is 40.6 Å². The molecule has 4 rings (SSSR count). The molecule has 2 heterocycles. The third-order valence-electron chi connectivity index (χ3n) is 4.86. The van der Waals surface area contributed by atoms with Crippen molar-refractivity contribution < 1.29 is 4.79 Å². The zero-order chi connectivity index (χ0) is 21.8. The molecule has 0 radical (unpaired) electrons. The number of ketones is 1. The van der Waals surface area contributed by atoms with E-state index in [0.29, 0.717) is 27.2 Å². The highest BCUT2D eigenvalue weighted by Gasteiger charge is 2.24. The van der Waals surface area contributed by atoms with Gasteiger partial charge >= 0.3 is 0 Å². The molecule has 0 saturated heterocycles. The quantitative estimate of drug-likeness (QED) is 0.466. The minimum absolute atomic E-state index is 0.0178. The van der Waals surface area contributed by atoms with E-state index in [9.17, 15) is 14.9 Å². The molecule has 31 heavy (non-hydrogen) atoms. The zero-order valence-corrected chi connectivity index (χ0v) is 17.0. The lowest BCUT2D eigenvalue weighted by atomic mass is 10.0. The monoisotopic (exact) mass is 425 g/mol. The highest BCUT2D eigenvalue weighted by molar-refractivity contribution is 7.10. The summed E-state index contributed by atoms with van der Waals surface area (Å²) in [6.07, 6.45) is 1.44. The Hall–Kier alpha value is -4.14. The SMILES string of the molecule is N#Cc1ccc(-c2csc(C(C#N)C(=O)CCn3cnc4ccccc4c3=O)n2)cc1. The molecule has 0 aliphatic rings. The van der Waals surface area contributed by atoms with Crippen LogP contribution >= 0.6 is 11.3 Å². The molecule has 0 fully saturated rings.